The number of amides is 1. The summed E-state index contributed by atoms with van der Waals surface area (Å²) in [4.78, 5) is 12.2. The van der Waals surface area contributed by atoms with E-state index in [-0.39, 0.29) is 24.0 Å². The Kier molecular flexibility index (Phi) is 3.92. The zero-order chi connectivity index (χ0) is 15.6. The SMILES string of the molecule is CC1(C)Cc2occc2C(NC(=O)COc2ccccc2)C1. The van der Waals surface area contributed by atoms with Crippen molar-refractivity contribution in [2.75, 3.05) is 6.61 Å². The highest BCUT2D eigenvalue weighted by Gasteiger charge is 2.34. The molecule has 1 aromatic carbocycles. The fraction of sp³-hybridized carbons (Fsp3) is 0.389. The Balaban J connectivity index is 1.62. The van der Waals surface area contributed by atoms with Crippen LogP contribution in [0.5, 0.6) is 5.75 Å². The third-order valence-electron chi connectivity index (χ3n) is 4.00. The van der Waals surface area contributed by atoms with E-state index in [2.05, 4.69) is 19.2 Å². The number of fused-ring (bicyclic) bond motifs is 1. The summed E-state index contributed by atoms with van der Waals surface area (Å²) in [6, 6.07) is 11.3. The Morgan fingerprint density at radius 1 is 1.32 bits per heavy atom. The monoisotopic (exact) mass is 299 g/mol. The van der Waals surface area contributed by atoms with Crippen molar-refractivity contribution >= 4 is 5.91 Å². The van der Waals surface area contributed by atoms with Crippen LogP contribution >= 0.6 is 0 Å². The summed E-state index contributed by atoms with van der Waals surface area (Å²) in [5.74, 6) is 1.56. The van der Waals surface area contributed by atoms with E-state index in [1.165, 1.54) is 0 Å². The molecule has 1 unspecified atom stereocenters. The van der Waals surface area contributed by atoms with E-state index in [9.17, 15) is 4.79 Å². The normalized spacial score (nSPS) is 19.3. The lowest BCUT2D eigenvalue weighted by atomic mass is 9.75. The Hall–Kier alpha value is -2.23. The average molecular weight is 299 g/mol. The van der Waals surface area contributed by atoms with E-state index in [1.807, 2.05) is 36.4 Å². The van der Waals surface area contributed by atoms with Gasteiger partial charge >= 0.3 is 0 Å². The fourth-order valence-corrected chi connectivity index (χ4v) is 3.00. The topological polar surface area (TPSA) is 51.5 Å². The van der Waals surface area contributed by atoms with Gasteiger partial charge in [0, 0.05) is 12.0 Å². The molecule has 1 amide bonds. The predicted molar refractivity (Wildman–Crippen MR) is 83.6 cm³/mol. The molecule has 0 aliphatic heterocycles. The van der Waals surface area contributed by atoms with Gasteiger partial charge in [0.25, 0.3) is 5.91 Å². The van der Waals surface area contributed by atoms with Gasteiger partial charge < -0.3 is 14.5 Å². The second kappa shape index (κ2) is 5.87. The first-order valence-corrected chi connectivity index (χ1v) is 7.57. The van der Waals surface area contributed by atoms with Gasteiger partial charge in [0.05, 0.1) is 12.3 Å². The Bertz CT molecular complexity index is 645. The molecule has 4 heteroatoms. The summed E-state index contributed by atoms with van der Waals surface area (Å²) in [7, 11) is 0. The molecule has 1 aliphatic rings. The first-order chi connectivity index (χ1) is 10.5. The van der Waals surface area contributed by atoms with Gasteiger partial charge in [-0.15, -0.1) is 0 Å². The van der Waals surface area contributed by atoms with Crippen LogP contribution < -0.4 is 10.1 Å². The third-order valence-corrected chi connectivity index (χ3v) is 4.00. The lowest BCUT2D eigenvalue weighted by Crippen LogP contribution is -2.38. The molecule has 0 spiro atoms. The molecule has 1 aliphatic carbocycles. The summed E-state index contributed by atoms with van der Waals surface area (Å²) in [6.45, 7) is 4.41. The molecule has 3 rings (SSSR count). The number of benzene rings is 1. The molecule has 0 fully saturated rings. The van der Waals surface area contributed by atoms with Crippen LogP contribution in [0.3, 0.4) is 0 Å². The Morgan fingerprint density at radius 3 is 2.86 bits per heavy atom. The zero-order valence-electron chi connectivity index (χ0n) is 13.0. The van der Waals surface area contributed by atoms with Crippen LogP contribution in [0.25, 0.3) is 0 Å². The standard InChI is InChI=1S/C18H21NO3/c1-18(2)10-15(14-8-9-21-16(14)11-18)19-17(20)12-22-13-6-4-3-5-7-13/h3-9,15H,10-12H2,1-2H3,(H,19,20). The maximum Gasteiger partial charge on any atom is 0.258 e. The quantitative estimate of drug-likeness (QED) is 0.940. The molecule has 116 valence electrons. The van der Waals surface area contributed by atoms with Crippen LogP contribution in [0.4, 0.5) is 0 Å². The van der Waals surface area contributed by atoms with Crippen molar-refractivity contribution in [3.63, 3.8) is 0 Å². The first-order valence-electron chi connectivity index (χ1n) is 7.57. The number of furan rings is 1. The predicted octanol–water partition coefficient (Wildman–Crippen LogP) is 3.49. The molecule has 0 saturated heterocycles. The van der Waals surface area contributed by atoms with E-state index in [0.717, 1.165) is 24.2 Å². The molecule has 22 heavy (non-hydrogen) atoms. The Morgan fingerprint density at radius 2 is 2.09 bits per heavy atom. The van der Waals surface area contributed by atoms with Gasteiger partial charge in [-0.3, -0.25) is 4.79 Å². The molecule has 1 aromatic heterocycles. The van der Waals surface area contributed by atoms with E-state index in [0.29, 0.717) is 5.75 Å². The van der Waals surface area contributed by atoms with E-state index >= 15 is 0 Å². The number of carbonyl (C=O) groups excluding carboxylic acids is 1. The van der Waals surface area contributed by atoms with E-state index in [1.54, 1.807) is 6.26 Å². The Labute approximate surface area is 130 Å². The zero-order valence-corrected chi connectivity index (χ0v) is 13.0. The minimum Gasteiger partial charge on any atom is -0.484 e. The largest absolute Gasteiger partial charge is 0.484 e. The lowest BCUT2D eigenvalue weighted by molar-refractivity contribution is -0.124. The number of rotatable bonds is 4. The van der Waals surface area contributed by atoms with Gasteiger partial charge in [-0.2, -0.15) is 0 Å². The number of nitrogens with one attached hydrogen (secondary N) is 1. The molecular formula is C18H21NO3. The van der Waals surface area contributed by atoms with Crippen molar-refractivity contribution in [3.8, 4) is 5.75 Å². The van der Waals surface area contributed by atoms with Crippen molar-refractivity contribution in [1.82, 2.24) is 5.32 Å². The van der Waals surface area contributed by atoms with Gasteiger partial charge in [0.2, 0.25) is 0 Å². The molecule has 2 aromatic rings. The van der Waals surface area contributed by atoms with Crippen LogP contribution in [0.15, 0.2) is 47.1 Å². The van der Waals surface area contributed by atoms with Gasteiger partial charge in [0.1, 0.15) is 11.5 Å². The fourth-order valence-electron chi connectivity index (χ4n) is 3.00. The van der Waals surface area contributed by atoms with Crippen LogP contribution in [-0.2, 0) is 11.2 Å². The van der Waals surface area contributed by atoms with E-state index in [4.69, 9.17) is 9.15 Å². The second-order valence-corrected chi connectivity index (χ2v) is 6.57. The van der Waals surface area contributed by atoms with Gasteiger partial charge in [0.15, 0.2) is 6.61 Å². The van der Waals surface area contributed by atoms with Crippen molar-refractivity contribution in [1.29, 1.82) is 0 Å². The molecule has 1 N–H and O–H groups in total. The smallest absolute Gasteiger partial charge is 0.258 e. The summed E-state index contributed by atoms with van der Waals surface area (Å²) < 4.78 is 11.0. The van der Waals surface area contributed by atoms with Gasteiger partial charge in [-0.05, 0) is 30.0 Å². The highest BCUT2D eigenvalue weighted by molar-refractivity contribution is 5.78. The minimum atomic E-state index is -0.112. The van der Waals surface area contributed by atoms with E-state index < -0.39 is 0 Å². The molecule has 0 saturated carbocycles. The number of para-hydroxylation sites is 1. The molecular weight excluding hydrogens is 278 g/mol. The maximum absolute atomic E-state index is 12.2. The molecule has 0 bridgehead atoms. The van der Waals surface area contributed by atoms with Crippen molar-refractivity contribution < 1.29 is 13.9 Å². The number of hydrogen-bond donors (Lipinski definition) is 1. The molecule has 0 radical (unpaired) electrons. The summed E-state index contributed by atoms with van der Waals surface area (Å²) in [6.07, 6.45) is 3.50. The third kappa shape index (κ3) is 3.32. The summed E-state index contributed by atoms with van der Waals surface area (Å²) in [5.41, 5.74) is 1.20. The first kappa shape index (κ1) is 14.7. The number of carbonyl (C=O) groups is 1. The molecule has 4 nitrogen and oxygen atoms in total. The number of hydrogen-bond acceptors (Lipinski definition) is 3. The maximum atomic E-state index is 12.2. The lowest BCUT2D eigenvalue weighted by Gasteiger charge is -2.34. The summed E-state index contributed by atoms with van der Waals surface area (Å²) in [5, 5.41) is 3.06. The van der Waals surface area contributed by atoms with Crippen molar-refractivity contribution in [2.45, 2.75) is 32.7 Å². The summed E-state index contributed by atoms with van der Waals surface area (Å²) >= 11 is 0. The van der Waals surface area contributed by atoms with Crippen LogP contribution in [0.1, 0.15) is 37.6 Å². The highest BCUT2D eigenvalue weighted by Crippen LogP contribution is 2.41. The van der Waals surface area contributed by atoms with Crippen LogP contribution in [0.2, 0.25) is 0 Å². The van der Waals surface area contributed by atoms with Gasteiger partial charge in [-0.1, -0.05) is 32.0 Å². The minimum absolute atomic E-state index is 0.00984. The number of ether oxygens (including phenoxy) is 1. The van der Waals surface area contributed by atoms with Crippen molar-refractivity contribution in [3.05, 3.63) is 54.0 Å². The van der Waals surface area contributed by atoms with Gasteiger partial charge in [-0.25, -0.2) is 0 Å². The van der Waals surface area contributed by atoms with Crippen LogP contribution in [-0.4, -0.2) is 12.5 Å². The van der Waals surface area contributed by atoms with Crippen LogP contribution in [0, 0.1) is 5.41 Å². The second-order valence-electron chi connectivity index (χ2n) is 6.57. The van der Waals surface area contributed by atoms with Crippen molar-refractivity contribution in [2.24, 2.45) is 5.41 Å². The highest BCUT2D eigenvalue weighted by atomic mass is 16.5. The molecule has 1 atom stereocenters. The average Bonchev–Trinajstić information content (AvgIpc) is 2.93. The molecule has 1 heterocycles.